The van der Waals surface area contributed by atoms with E-state index in [1.165, 1.54) is 5.01 Å². The fraction of sp³-hybridized carbons (Fsp3) is 0. The molecule has 26 heavy (non-hydrogen) atoms. The number of hydrogen-bond donors (Lipinski definition) is 1. The van der Waals surface area contributed by atoms with Gasteiger partial charge in [-0.1, -0.05) is 40.2 Å². The molecule has 1 aromatic heterocycles. The molecular formula is C20H14BrN3O2. The van der Waals surface area contributed by atoms with Gasteiger partial charge in [-0.2, -0.15) is 0 Å². The number of nitrogens with zero attached hydrogens (tertiary/aromatic N) is 2. The molecule has 1 aliphatic heterocycles. The zero-order chi connectivity index (χ0) is 18.1. The van der Waals surface area contributed by atoms with Crippen LogP contribution in [0.3, 0.4) is 0 Å². The van der Waals surface area contributed by atoms with Crippen LogP contribution in [0.5, 0.6) is 0 Å². The maximum Gasteiger partial charge on any atom is 0.282 e. The van der Waals surface area contributed by atoms with Crippen molar-refractivity contribution in [2.75, 3.05) is 5.01 Å². The maximum absolute atomic E-state index is 12.7. The molecule has 1 aliphatic rings. The standard InChI is InChI=1S/C20H14BrN3O2/c21-14-6-4-9-16(12-14)23-11-5-10-17(23)13-18-19(25)22-24(20(18)26)15-7-2-1-3-8-15/h1-13H,(H,22,25)/b18-13-. The summed E-state index contributed by atoms with van der Waals surface area (Å²) < 4.78 is 2.87. The van der Waals surface area contributed by atoms with Gasteiger partial charge in [-0.05, 0) is 48.5 Å². The summed E-state index contributed by atoms with van der Waals surface area (Å²) in [6.07, 6.45) is 3.50. The van der Waals surface area contributed by atoms with Crippen LogP contribution < -0.4 is 10.4 Å². The van der Waals surface area contributed by atoms with Gasteiger partial charge in [0.15, 0.2) is 0 Å². The Kier molecular flexibility index (Phi) is 4.18. The number of aromatic nitrogens is 1. The van der Waals surface area contributed by atoms with Crippen molar-refractivity contribution in [2.45, 2.75) is 0 Å². The van der Waals surface area contributed by atoms with E-state index >= 15 is 0 Å². The number of carbonyl (C=O) groups is 2. The summed E-state index contributed by atoms with van der Waals surface area (Å²) >= 11 is 3.46. The van der Waals surface area contributed by atoms with Crippen molar-refractivity contribution in [3.05, 3.63) is 88.7 Å². The number of halogens is 1. The third kappa shape index (κ3) is 2.95. The Morgan fingerprint density at radius 3 is 2.42 bits per heavy atom. The van der Waals surface area contributed by atoms with Crippen LogP contribution in [0.25, 0.3) is 11.8 Å². The van der Waals surface area contributed by atoms with Crippen molar-refractivity contribution in [2.24, 2.45) is 0 Å². The molecule has 2 aromatic carbocycles. The Balaban J connectivity index is 1.71. The van der Waals surface area contributed by atoms with Crippen LogP contribution in [0.1, 0.15) is 5.69 Å². The highest BCUT2D eigenvalue weighted by atomic mass is 79.9. The minimum absolute atomic E-state index is 0.101. The fourth-order valence-electron chi connectivity index (χ4n) is 2.84. The van der Waals surface area contributed by atoms with E-state index in [2.05, 4.69) is 21.4 Å². The number of rotatable bonds is 3. The summed E-state index contributed by atoms with van der Waals surface area (Å²) in [6, 6.07) is 20.6. The molecule has 0 unspecified atom stereocenters. The molecule has 0 radical (unpaired) electrons. The molecule has 3 aromatic rings. The topological polar surface area (TPSA) is 54.3 Å². The van der Waals surface area contributed by atoms with Crippen LogP contribution in [0, 0.1) is 0 Å². The highest BCUT2D eigenvalue weighted by molar-refractivity contribution is 9.10. The fourth-order valence-corrected chi connectivity index (χ4v) is 3.22. The summed E-state index contributed by atoms with van der Waals surface area (Å²) in [6.45, 7) is 0. The van der Waals surface area contributed by atoms with E-state index in [1.807, 2.05) is 65.4 Å². The van der Waals surface area contributed by atoms with Gasteiger partial charge in [-0.25, -0.2) is 5.01 Å². The molecular weight excluding hydrogens is 394 g/mol. The van der Waals surface area contributed by atoms with E-state index in [1.54, 1.807) is 18.2 Å². The van der Waals surface area contributed by atoms with E-state index in [0.717, 1.165) is 15.9 Å². The molecule has 1 N–H and O–H groups in total. The smallest absolute Gasteiger partial charge is 0.282 e. The van der Waals surface area contributed by atoms with Crippen molar-refractivity contribution in [1.82, 2.24) is 9.99 Å². The molecule has 2 amide bonds. The van der Waals surface area contributed by atoms with E-state index < -0.39 is 5.91 Å². The van der Waals surface area contributed by atoms with Gasteiger partial charge in [0.05, 0.1) is 5.69 Å². The molecule has 0 spiro atoms. The number of nitrogens with one attached hydrogen (secondary N) is 1. The Hall–Kier alpha value is -3.12. The lowest BCUT2D eigenvalue weighted by molar-refractivity contribution is -0.117. The molecule has 0 bridgehead atoms. The van der Waals surface area contributed by atoms with Crippen molar-refractivity contribution in [3.8, 4) is 5.69 Å². The van der Waals surface area contributed by atoms with Crippen LogP contribution in [0.4, 0.5) is 5.69 Å². The average molecular weight is 408 g/mol. The molecule has 6 heteroatoms. The highest BCUT2D eigenvalue weighted by Crippen LogP contribution is 2.23. The molecule has 0 aliphatic carbocycles. The van der Waals surface area contributed by atoms with Gasteiger partial charge in [-0.15, -0.1) is 0 Å². The van der Waals surface area contributed by atoms with Crippen LogP contribution >= 0.6 is 15.9 Å². The van der Waals surface area contributed by atoms with Crippen LogP contribution in [-0.4, -0.2) is 16.4 Å². The summed E-state index contributed by atoms with van der Waals surface area (Å²) in [5.74, 6) is -0.788. The number of carbonyl (C=O) groups excluding carboxylic acids is 2. The van der Waals surface area contributed by atoms with Crippen molar-refractivity contribution < 1.29 is 9.59 Å². The molecule has 128 valence electrons. The summed E-state index contributed by atoms with van der Waals surface area (Å²) in [5, 5.41) is 1.26. The van der Waals surface area contributed by atoms with Gasteiger partial charge in [-0.3, -0.25) is 15.0 Å². The predicted octanol–water partition coefficient (Wildman–Crippen LogP) is 3.70. The molecule has 4 rings (SSSR count). The number of benzene rings is 2. The molecule has 0 saturated carbocycles. The van der Waals surface area contributed by atoms with Crippen LogP contribution in [0.15, 0.2) is 83.0 Å². The quantitative estimate of drug-likeness (QED) is 0.531. The molecule has 1 saturated heterocycles. The van der Waals surface area contributed by atoms with Crippen molar-refractivity contribution >= 4 is 39.5 Å². The average Bonchev–Trinajstić information content (AvgIpc) is 3.22. The SMILES string of the molecule is O=C1NN(c2ccccc2)C(=O)/C1=C\c1cccn1-c1cccc(Br)c1. The van der Waals surface area contributed by atoms with Crippen LogP contribution in [0.2, 0.25) is 0 Å². The van der Waals surface area contributed by atoms with Crippen molar-refractivity contribution in [3.63, 3.8) is 0 Å². The Morgan fingerprint density at radius 2 is 1.65 bits per heavy atom. The van der Waals surface area contributed by atoms with E-state index in [-0.39, 0.29) is 11.5 Å². The Bertz CT molecular complexity index is 1020. The minimum atomic E-state index is -0.416. The molecule has 1 fully saturated rings. The van der Waals surface area contributed by atoms with E-state index in [9.17, 15) is 9.59 Å². The number of amides is 2. The summed E-state index contributed by atoms with van der Waals surface area (Å²) in [4.78, 5) is 25.0. The Morgan fingerprint density at radius 1 is 0.885 bits per heavy atom. The third-order valence-corrected chi connectivity index (χ3v) is 4.56. The summed E-state index contributed by atoms with van der Waals surface area (Å²) in [5.41, 5.74) is 5.01. The first kappa shape index (κ1) is 16.4. The number of anilines is 1. The van der Waals surface area contributed by atoms with Gasteiger partial charge in [0.25, 0.3) is 11.8 Å². The zero-order valence-corrected chi connectivity index (χ0v) is 15.2. The summed E-state index contributed by atoms with van der Waals surface area (Å²) in [7, 11) is 0. The van der Waals surface area contributed by atoms with Gasteiger partial charge in [0.1, 0.15) is 5.57 Å². The first-order chi connectivity index (χ1) is 12.6. The normalized spacial score (nSPS) is 15.6. The second-order valence-corrected chi connectivity index (χ2v) is 6.67. The van der Waals surface area contributed by atoms with Gasteiger partial charge in [0, 0.05) is 22.1 Å². The first-order valence-electron chi connectivity index (χ1n) is 7.99. The molecule has 2 heterocycles. The number of hydrogen-bond acceptors (Lipinski definition) is 2. The minimum Gasteiger partial charge on any atom is -0.317 e. The van der Waals surface area contributed by atoms with E-state index in [0.29, 0.717) is 5.69 Å². The molecule has 0 atom stereocenters. The second kappa shape index (κ2) is 6.65. The number of hydrazine groups is 1. The monoisotopic (exact) mass is 407 g/mol. The lowest BCUT2D eigenvalue weighted by atomic mass is 10.2. The lowest BCUT2D eigenvalue weighted by Gasteiger charge is -2.13. The first-order valence-corrected chi connectivity index (χ1v) is 8.78. The van der Waals surface area contributed by atoms with Gasteiger partial charge >= 0.3 is 0 Å². The largest absolute Gasteiger partial charge is 0.317 e. The van der Waals surface area contributed by atoms with Crippen LogP contribution in [-0.2, 0) is 9.59 Å². The van der Waals surface area contributed by atoms with Crippen molar-refractivity contribution in [1.29, 1.82) is 0 Å². The lowest BCUT2D eigenvalue weighted by Crippen LogP contribution is -2.35. The highest BCUT2D eigenvalue weighted by Gasteiger charge is 2.34. The van der Waals surface area contributed by atoms with Gasteiger partial charge < -0.3 is 4.57 Å². The van der Waals surface area contributed by atoms with E-state index in [4.69, 9.17) is 0 Å². The van der Waals surface area contributed by atoms with Gasteiger partial charge in [0.2, 0.25) is 0 Å². The molecule has 5 nitrogen and oxygen atoms in total. The third-order valence-electron chi connectivity index (χ3n) is 4.06. The Labute approximate surface area is 158 Å². The second-order valence-electron chi connectivity index (χ2n) is 5.76. The maximum atomic E-state index is 12.7. The predicted molar refractivity (Wildman–Crippen MR) is 104 cm³/mol. The zero-order valence-electron chi connectivity index (χ0n) is 13.6. The number of para-hydroxylation sites is 1.